The molecule has 4 aromatic rings. The van der Waals surface area contributed by atoms with Crippen LogP contribution in [0.1, 0.15) is 11.1 Å². The molecule has 0 amide bonds. The molecule has 4 rings (SSSR count). The van der Waals surface area contributed by atoms with Crippen LogP contribution in [-0.2, 0) is 10.1 Å². The third-order valence-corrected chi connectivity index (χ3v) is 5.91. The molecular weight excluding hydrogens is 424 g/mol. The Morgan fingerprint density at radius 1 is 0.688 bits per heavy atom. The van der Waals surface area contributed by atoms with Gasteiger partial charge in [0.25, 0.3) is 10.1 Å². The van der Waals surface area contributed by atoms with Gasteiger partial charge in [-0.15, -0.1) is 5.11 Å². The van der Waals surface area contributed by atoms with E-state index in [9.17, 15) is 13.0 Å². The summed E-state index contributed by atoms with van der Waals surface area (Å²) in [5, 5.41) is 18.4. The third-order valence-electron chi connectivity index (χ3n) is 5.05. The van der Waals surface area contributed by atoms with Crippen molar-refractivity contribution in [2.24, 2.45) is 20.5 Å². The first-order valence-corrected chi connectivity index (χ1v) is 11.3. The molecule has 0 saturated heterocycles. The average molecular weight is 445 g/mol. The fourth-order valence-corrected chi connectivity index (χ4v) is 4.20. The van der Waals surface area contributed by atoms with Gasteiger partial charge in [-0.3, -0.25) is 4.55 Å². The van der Waals surface area contributed by atoms with Crippen molar-refractivity contribution in [3.63, 3.8) is 0 Å². The lowest BCUT2D eigenvalue weighted by Crippen LogP contribution is -2.00. The van der Waals surface area contributed by atoms with Crippen LogP contribution in [0.2, 0.25) is 0 Å². The standard InChI is InChI=1S/C24H20N4O3S/c1-16-21(27-25-19-9-5-3-6-10-19)14-13-18-15-22(32(29,30)31)24(17(2)23(16)18)28-26-20-11-7-4-8-12-20/h3-15H,1-2H3,(H,29,30,31). The Morgan fingerprint density at radius 3 is 1.81 bits per heavy atom. The van der Waals surface area contributed by atoms with Gasteiger partial charge in [0.15, 0.2) is 0 Å². The average Bonchev–Trinajstić information content (AvgIpc) is 2.78. The zero-order valence-corrected chi connectivity index (χ0v) is 18.3. The molecule has 1 N–H and O–H groups in total. The van der Waals surface area contributed by atoms with E-state index >= 15 is 0 Å². The maximum Gasteiger partial charge on any atom is 0.296 e. The molecule has 0 aliphatic carbocycles. The second-order valence-corrected chi connectivity index (χ2v) is 8.59. The van der Waals surface area contributed by atoms with Gasteiger partial charge in [-0.2, -0.15) is 23.8 Å². The minimum Gasteiger partial charge on any atom is -0.282 e. The van der Waals surface area contributed by atoms with Crippen LogP contribution in [0.5, 0.6) is 0 Å². The van der Waals surface area contributed by atoms with Gasteiger partial charge in [0, 0.05) is 0 Å². The fraction of sp³-hybridized carbons (Fsp3) is 0.0833. The first kappa shape index (κ1) is 21.5. The minimum absolute atomic E-state index is 0.0871. The lowest BCUT2D eigenvalue weighted by Gasteiger charge is -2.13. The van der Waals surface area contributed by atoms with Crippen LogP contribution in [0.3, 0.4) is 0 Å². The Bertz CT molecular complexity index is 1450. The molecule has 8 heteroatoms. The van der Waals surface area contributed by atoms with E-state index in [0.29, 0.717) is 22.3 Å². The Morgan fingerprint density at radius 2 is 1.25 bits per heavy atom. The van der Waals surface area contributed by atoms with Crippen molar-refractivity contribution in [2.75, 3.05) is 0 Å². The summed E-state index contributed by atoms with van der Waals surface area (Å²) in [6.07, 6.45) is 0. The lowest BCUT2D eigenvalue weighted by atomic mass is 9.98. The molecule has 0 fully saturated rings. The van der Waals surface area contributed by atoms with Crippen LogP contribution in [0.4, 0.5) is 22.7 Å². The summed E-state index contributed by atoms with van der Waals surface area (Å²) in [6.45, 7) is 3.64. The second-order valence-electron chi connectivity index (χ2n) is 7.20. The van der Waals surface area contributed by atoms with E-state index in [1.807, 2.05) is 43.3 Å². The number of fused-ring (bicyclic) bond motifs is 1. The van der Waals surface area contributed by atoms with Crippen LogP contribution >= 0.6 is 0 Å². The van der Waals surface area contributed by atoms with Crippen molar-refractivity contribution < 1.29 is 13.0 Å². The molecule has 0 unspecified atom stereocenters. The Balaban J connectivity index is 1.89. The molecule has 0 bridgehead atoms. The largest absolute Gasteiger partial charge is 0.296 e. The van der Waals surface area contributed by atoms with Crippen LogP contribution in [0.15, 0.2) is 104 Å². The number of hydrogen-bond donors (Lipinski definition) is 1. The van der Waals surface area contributed by atoms with E-state index in [1.54, 1.807) is 43.3 Å². The SMILES string of the molecule is Cc1c(N=Nc2ccccc2)ccc2cc(S(=O)(=O)O)c(N=Nc3ccccc3)c(C)c12. The van der Waals surface area contributed by atoms with Gasteiger partial charge in [0.05, 0.1) is 17.1 Å². The maximum atomic E-state index is 12.1. The van der Waals surface area contributed by atoms with Crippen molar-refractivity contribution in [1.82, 2.24) is 0 Å². The van der Waals surface area contributed by atoms with Crippen molar-refractivity contribution >= 4 is 43.6 Å². The van der Waals surface area contributed by atoms with Gasteiger partial charge in [0.2, 0.25) is 0 Å². The van der Waals surface area contributed by atoms with Gasteiger partial charge in [0.1, 0.15) is 10.6 Å². The highest BCUT2D eigenvalue weighted by Crippen LogP contribution is 2.39. The van der Waals surface area contributed by atoms with Crippen molar-refractivity contribution in [3.8, 4) is 0 Å². The molecule has 160 valence electrons. The molecule has 4 aromatic carbocycles. The molecule has 0 radical (unpaired) electrons. The molecule has 0 aliphatic rings. The van der Waals surface area contributed by atoms with Crippen molar-refractivity contribution in [3.05, 3.63) is 90.0 Å². The summed E-state index contributed by atoms with van der Waals surface area (Å²) in [5.41, 5.74) is 3.42. The van der Waals surface area contributed by atoms with Gasteiger partial charge in [-0.05, 0) is 72.1 Å². The molecule has 32 heavy (non-hydrogen) atoms. The van der Waals surface area contributed by atoms with E-state index in [2.05, 4.69) is 20.5 Å². The summed E-state index contributed by atoms with van der Waals surface area (Å²) >= 11 is 0. The highest BCUT2D eigenvalue weighted by molar-refractivity contribution is 7.86. The van der Waals surface area contributed by atoms with E-state index < -0.39 is 10.1 Å². The lowest BCUT2D eigenvalue weighted by molar-refractivity contribution is 0.483. The Labute approximate surface area is 185 Å². The van der Waals surface area contributed by atoms with Crippen LogP contribution < -0.4 is 0 Å². The number of azo groups is 2. The number of rotatable bonds is 5. The maximum absolute atomic E-state index is 12.1. The summed E-state index contributed by atoms with van der Waals surface area (Å²) in [7, 11) is -4.52. The fourth-order valence-electron chi connectivity index (χ4n) is 3.49. The predicted octanol–water partition coefficient (Wildman–Crippen LogP) is 7.53. The molecule has 0 aromatic heterocycles. The van der Waals surface area contributed by atoms with Crippen LogP contribution in [-0.4, -0.2) is 13.0 Å². The Kier molecular flexibility index (Phi) is 5.89. The molecule has 0 saturated carbocycles. The zero-order valence-electron chi connectivity index (χ0n) is 17.5. The summed E-state index contributed by atoms with van der Waals surface area (Å²) in [5.74, 6) is 0. The number of nitrogens with zero attached hydrogens (tertiary/aromatic N) is 4. The quantitative estimate of drug-likeness (QED) is 0.254. The van der Waals surface area contributed by atoms with E-state index in [4.69, 9.17) is 0 Å². The topological polar surface area (TPSA) is 104 Å². The minimum atomic E-state index is -4.52. The molecule has 0 heterocycles. The Hall–Kier alpha value is -3.75. The molecule has 0 spiro atoms. The predicted molar refractivity (Wildman–Crippen MR) is 124 cm³/mol. The third kappa shape index (κ3) is 4.46. The number of aryl methyl sites for hydroxylation is 2. The van der Waals surface area contributed by atoms with Crippen molar-refractivity contribution in [1.29, 1.82) is 0 Å². The van der Waals surface area contributed by atoms with Crippen LogP contribution in [0, 0.1) is 13.8 Å². The van der Waals surface area contributed by atoms with E-state index in [0.717, 1.165) is 16.6 Å². The zero-order chi connectivity index (χ0) is 22.7. The van der Waals surface area contributed by atoms with Gasteiger partial charge < -0.3 is 0 Å². The number of hydrogen-bond acceptors (Lipinski definition) is 6. The second kappa shape index (κ2) is 8.78. The monoisotopic (exact) mass is 444 g/mol. The first-order valence-electron chi connectivity index (χ1n) is 9.82. The molecule has 0 atom stereocenters. The van der Waals surface area contributed by atoms with Crippen molar-refractivity contribution in [2.45, 2.75) is 18.7 Å². The highest BCUT2D eigenvalue weighted by atomic mass is 32.2. The molecule has 7 nitrogen and oxygen atoms in total. The summed E-state index contributed by atoms with van der Waals surface area (Å²) < 4.78 is 34.0. The smallest absolute Gasteiger partial charge is 0.282 e. The van der Waals surface area contributed by atoms with Gasteiger partial charge in [-0.25, -0.2) is 0 Å². The normalized spacial score (nSPS) is 12.2. The van der Waals surface area contributed by atoms with Gasteiger partial charge >= 0.3 is 0 Å². The highest BCUT2D eigenvalue weighted by Gasteiger charge is 2.21. The van der Waals surface area contributed by atoms with Crippen LogP contribution in [0.25, 0.3) is 10.8 Å². The molecule has 0 aliphatic heterocycles. The number of benzene rings is 4. The first-order chi connectivity index (χ1) is 15.3. The molecular formula is C24H20N4O3S. The van der Waals surface area contributed by atoms with E-state index in [1.165, 1.54) is 6.07 Å². The van der Waals surface area contributed by atoms with E-state index in [-0.39, 0.29) is 10.6 Å². The summed E-state index contributed by atoms with van der Waals surface area (Å²) in [6, 6.07) is 23.3. The van der Waals surface area contributed by atoms with Gasteiger partial charge in [-0.1, -0.05) is 42.5 Å². The summed E-state index contributed by atoms with van der Waals surface area (Å²) in [4.78, 5) is -0.291.